The minimum Gasteiger partial charge on any atom is -0.325 e. The van der Waals surface area contributed by atoms with Crippen molar-refractivity contribution in [2.75, 3.05) is 11.1 Å². The molecule has 0 unspecified atom stereocenters. The van der Waals surface area contributed by atoms with Gasteiger partial charge in [-0.1, -0.05) is 39.7 Å². The summed E-state index contributed by atoms with van der Waals surface area (Å²) in [5, 5.41) is 3.28. The Morgan fingerprint density at radius 3 is 2.70 bits per heavy atom. The second-order valence-corrected chi connectivity index (χ2v) is 7.74. The third kappa shape index (κ3) is 5.92. The van der Waals surface area contributed by atoms with Crippen LogP contribution in [0.25, 0.3) is 0 Å². The predicted octanol–water partition coefficient (Wildman–Crippen LogP) is 5.98. The van der Waals surface area contributed by atoms with Crippen molar-refractivity contribution in [2.24, 2.45) is 4.99 Å². The fourth-order valence-electron chi connectivity index (χ4n) is 2.19. The van der Waals surface area contributed by atoms with Crippen molar-refractivity contribution >= 4 is 62.8 Å². The van der Waals surface area contributed by atoms with Gasteiger partial charge in [-0.3, -0.25) is 9.79 Å². The van der Waals surface area contributed by atoms with E-state index in [1.54, 1.807) is 18.5 Å². The fourth-order valence-corrected chi connectivity index (χ4v) is 3.43. The van der Waals surface area contributed by atoms with E-state index in [0.29, 0.717) is 5.15 Å². The molecule has 27 heavy (non-hydrogen) atoms. The van der Waals surface area contributed by atoms with Crippen LogP contribution < -0.4 is 5.32 Å². The smallest absolute Gasteiger partial charge is 0.234 e. The molecule has 3 rings (SSSR count). The van der Waals surface area contributed by atoms with Crippen LogP contribution in [0.15, 0.2) is 81.2 Å². The van der Waals surface area contributed by atoms with E-state index in [2.05, 4.69) is 31.2 Å². The molecule has 4 nitrogen and oxygen atoms in total. The Bertz CT molecular complexity index is 963. The highest BCUT2D eigenvalue weighted by atomic mass is 79.9. The minimum atomic E-state index is -0.0728. The van der Waals surface area contributed by atoms with Gasteiger partial charge in [0.2, 0.25) is 5.91 Å². The van der Waals surface area contributed by atoms with Gasteiger partial charge in [-0.15, -0.1) is 11.8 Å². The van der Waals surface area contributed by atoms with Crippen molar-refractivity contribution in [3.8, 4) is 0 Å². The molecule has 0 fully saturated rings. The van der Waals surface area contributed by atoms with Gasteiger partial charge in [-0.2, -0.15) is 0 Å². The monoisotopic (exact) mass is 459 g/mol. The van der Waals surface area contributed by atoms with E-state index < -0.39 is 0 Å². The van der Waals surface area contributed by atoms with Crippen LogP contribution in [-0.2, 0) is 4.79 Å². The molecule has 1 amide bonds. The molecule has 1 aromatic heterocycles. The number of rotatable bonds is 6. The number of thioether (sulfide) groups is 1. The maximum atomic E-state index is 12.2. The van der Waals surface area contributed by atoms with Gasteiger partial charge < -0.3 is 5.32 Å². The second kappa shape index (κ2) is 9.69. The van der Waals surface area contributed by atoms with Crippen LogP contribution in [0, 0.1) is 0 Å². The minimum absolute atomic E-state index is 0.0728. The maximum Gasteiger partial charge on any atom is 0.234 e. The van der Waals surface area contributed by atoms with Crippen molar-refractivity contribution in [3.63, 3.8) is 0 Å². The Balaban J connectivity index is 1.64. The van der Waals surface area contributed by atoms with E-state index in [1.807, 2.05) is 54.6 Å². The maximum absolute atomic E-state index is 12.2. The Kier molecular flexibility index (Phi) is 7.04. The number of aliphatic imine (C=N–C) groups is 1. The van der Waals surface area contributed by atoms with Crippen molar-refractivity contribution in [1.29, 1.82) is 0 Å². The fraction of sp³-hybridized carbons (Fsp3) is 0.0500. The van der Waals surface area contributed by atoms with Gasteiger partial charge >= 0.3 is 0 Å². The van der Waals surface area contributed by atoms with Gasteiger partial charge in [0, 0.05) is 33.0 Å². The third-order valence-electron chi connectivity index (χ3n) is 3.48. The molecule has 0 saturated heterocycles. The molecule has 7 heteroatoms. The summed E-state index contributed by atoms with van der Waals surface area (Å²) < 4.78 is 0.968. The number of pyridine rings is 1. The number of benzene rings is 2. The normalized spacial score (nSPS) is 10.9. The summed E-state index contributed by atoms with van der Waals surface area (Å²) in [5.41, 5.74) is 2.28. The van der Waals surface area contributed by atoms with E-state index in [4.69, 9.17) is 11.6 Å². The molecular formula is C20H15BrClN3OS. The first-order valence-electron chi connectivity index (χ1n) is 8.03. The number of anilines is 1. The highest BCUT2D eigenvalue weighted by molar-refractivity contribution is 9.10. The van der Waals surface area contributed by atoms with Crippen LogP contribution in [0.5, 0.6) is 0 Å². The van der Waals surface area contributed by atoms with Crippen LogP contribution in [0.3, 0.4) is 0 Å². The molecule has 3 aromatic rings. The molecule has 0 aliphatic heterocycles. The number of nitrogens with one attached hydrogen (secondary N) is 1. The lowest BCUT2D eigenvalue weighted by Crippen LogP contribution is -2.13. The van der Waals surface area contributed by atoms with E-state index in [1.165, 1.54) is 11.8 Å². The van der Waals surface area contributed by atoms with Crippen LogP contribution in [0.2, 0.25) is 5.15 Å². The Morgan fingerprint density at radius 1 is 1.15 bits per heavy atom. The number of hydrogen-bond donors (Lipinski definition) is 1. The molecule has 0 aliphatic rings. The Morgan fingerprint density at radius 2 is 1.93 bits per heavy atom. The highest BCUT2D eigenvalue weighted by Crippen LogP contribution is 2.29. The third-order valence-corrected chi connectivity index (χ3v) is 5.39. The number of nitrogens with zero attached hydrogens (tertiary/aromatic N) is 2. The first kappa shape index (κ1) is 19.6. The number of hydrogen-bond acceptors (Lipinski definition) is 4. The lowest BCUT2D eigenvalue weighted by atomic mass is 10.3. The molecule has 1 heterocycles. The van der Waals surface area contributed by atoms with E-state index >= 15 is 0 Å². The van der Waals surface area contributed by atoms with Gasteiger partial charge in [-0.05, 0) is 48.5 Å². The summed E-state index contributed by atoms with van der Waals surface area (Å²) in [7, 11) is 0. The lowest BCUT2D eigenvalue weighted by molar-refractivity contribution is -0.113. The number of para-hydroxylation sites is 1. The summed E-state index contributed by atoms with van der Waals surface area (Å²) in [6.45, 7) is 0. The zero-order valence-electron chi connectivity index (χ0n) is 14.1. The first-order valence-corrected chi connectivity index (χ1v) is 10.2. The SMILES string of the molecule is O=C(CSc1ccccc1N=Cc1cccnc1Cl)Nc1ccc(Br)cc1. The quantitative estimate of drug-likeness (QED) is 0.280. The summed E-state index contributed by atoms with van der Waals surface area (Å²) >= 11 is 10.9. The molecule has 0 radical (unpaired) electrons. The van der Waals surface area contributed by atoms with Gasteiger partial charge in [0.15, 0.2) is 0 Å². The molecule has 136 valence electrons. The molecule has 0 bridgehead atoms. The van der Waals surface area contributed by atoms with Gasteiger partial charge in [-0.25, -0.2) is 4.98 Å². The summed E-state index contributed by atoms with van der Waals surface area (Å²) in [6.07, 6.45) is 3.31. The average Bonchev–Trinajstić information content (AvgIpc) is 2.68. The van der Waals surface area contributed by atoms with Gasteiger partial charge in [0.25, 0.3) is 0 Å². The first-order chi connectivity index (χ1) is 13.1. The molecule has 1 N–H and O–H groups in total. The number of carbonyl (C=O) groups excluding carboxylic acids is 1. The zero-order chi connectivity index (χ0) is 19.1. The van der Waals surface area contributed by atoms with Gasteiger partial charge in [0.05, 0.1) is 11.4 Å². The summed E-state index contributed by atoms with van der Waals surface area (Å²) in [6, 6.07) is 18.8. The molecular weight excluding hydrogens is 446 g/mol. The zero-order valence-corrected chi connectivity index (χ0v) is 17.3. The van der Waals surface area contributed by atoms with E-state index in [9.17, 15) is 4.79 Å². The van der Waals surface area contributed by atoms with Crippen molar-refractivity contribution in [3.05, 3.63) is 82.0 Å². The van der Waals surface area contributed by atoms with E-state index in [0.717, 1.165) is 26.3 Å². The largest absolute Gasteiger partial charge is 0.325 e. The lowest BCUT2D eigenvalue weighted by Gasteiger charge is -2.07. The second-order valence-electron chi connectivity index (χ2n) is 5.45. The molecule has 0 spiro atoms. The number of aromatic nitrogens is 1. The predicted molar refractivity (Wildman–Crippen MR) is 116 cm³/mol. The molecule has 0 atom stereocenters. The van der Waals surface area contributed by atoms with Crippen LogP contribution >= 0.6 is 39.3 Å². The molecule has 0 saturated carbocycles. The van der Waals surface area contributed by atoms with Crippen LogP contribution in [0.1, 0.15) is 5.56 Å². The highest BCUT2D eigenvalue weighted by Gasteiger charge is 2.07. The number of carbonyl (C=O) groups is 1. The topological polar surface area (TPSA) is 54.4 Å². The van der Waals surface area contributed by atoms with Crippen LogP contribution in [0.4, 0.5) is 11.4 Å². The molecule has 2 aromatic carbocycles. The van der Waals surface area contributed by atoms with Crippen LogP contribution in [-0.4, -0.2) is 22.9 Å². The average molecular weight is 461 g/mol. The Labute approximate surface area is 175 Å². The number of halogens is 2. The van der Waals surface area contributed by atoms with Gasteiger partial charge in [0.1, 0.15) is 5.15 Å². The standard InChI is InChI=1S/C20H15BrClN3OS/c21-15-7-9-16(10-8-15)25-19(26)13-27-18-6-2-1-5-17(18)24-12-14-4-3-11-23-20(14)22/h1-12H,13H2,(H,25,26). The van der Waals surface area contributed by atoms with Crippen molar-refractivity contribution in [1.82, 2.24) is 4.98 Å². The Hall–Kier alpha value is -2.15. The molecule has 0 aliphatic carbocycles. The summed E-state index contributed by atoms with van der Waals surface area (Å²) in [4.78, 5) is 21.6. The van der Waals surface area contributed by atoms with E-state index in [-0.39, 0.29) is 11.7 Å². The van der Waals surface area contributed by atoms with Crippen molar-refractivity contribution in [2.45, 2.75) is 4.90 Å². The van der Waals surface area contributed by atoms with Crippen molar-refractivity contribution < 1.29 is 4.79 Å². The number of amides is 1. The summed E-state index contributed by atoms with van der Waals surface area (Å²) in [5.74, 6) is 0.215.